The smallest absolute Gasteiger partial charge is 0.306 e. The number of rotatable bonds is 9. The summed E-state index contributed by atoms with van der Waals surface area (Å²) in [6.07, 6.45) is 2.75. The minimum atomic E-state index is -3.71. The molecule has 12 heteroatoms. The summed E-state index contributed by atoms with van der Waals surface area (Å²) in [7, 11) is -7.20. The molecule has 1 heterocycles. The molecule has 0 aliphatic carbocycles. The summed E-state index contributed by atoms with van der Waals surface area (Å²) in [6.45, 7) is 3.87. The van der Waals surface area contributed by atoms with Gasteiger partial charge >= 0.3 is 10.1 Å². The van der Waals surface area contributed by atoms with E-state index in [1.807, 2.05) is 13.8 Å². The van der Waals surface area contributed by atoms with E-state index in [9.17, 15) is 21.6 Å². The fourth-order valence-corrected chi connectivity index (χ4v) is 4.81. The molecular weight excluding hydrogens is 426 g/mol. The number of carbonyl (C=O) groups is 1. The van der Waals surface area contributed by atoms with Gasteiger partial charge in [0.05, 0.1) is 18.2 Å². The number of thiazole rings is 1. The van der Waals surface area contributed by atoms with Gasteiger partial charge < -0.3 is 4.18 Å². The molecule has 154 valence electrons. The maximum atomic E-state index is 12.3. The van der Waals surface area contributed by atoms with Gasteiger partial charge in [-0.1, -0.05) is 31.3 Å². The highest BCUT2D eigenvalue weighted by molar-refractivity contribution is 7.92. The van der Waals surface area contributed by atoms with Gasteiger partial charge in [-0.05, 0) is 30.5 Å². The monoisotopic (exact) mass is 447 g/mol. The molecule has 0 aliphatic heterocycles. The van der Waals surface area contributed by atoms with Crippen LogP contribution in [-0.2, 0) is 20.1 Å². The zero-order valence-corrected chi connectivity index (χ0v) is 17.9. The van der Waals surface area contributed by atoms with Crippen molar-refractivity contribution in [3.8, 4) is 5.75 Å². The molecular formula is C16H21N3O6S3. The molecule has 0 spiro atoms. The second kappa shape index (κ2) is 8.88. The zero-order chi connectivity index (χ0) is 20.9. The zero-order valence-electron chi connectivity index (χ0n) is 15.5. The molecule has 1 aromatic carbocycles. The van der Waals surface area contributed by atoms with Crippen molar-refractivity contribution in [1.82, 2.24) is 4.98 Å². The Kier molecular flexibility index (Phi) is 7.01. The Hall–Kier alpha value is -2.18. The van der Waals surface area contributed by atoms with Gasteiger partial charge in [0.25, 0.3) is 5.91 Å². The number of nitrogens with zero attached hydrogens (tertiary/aromatic N) is 1. The highest BCUT2D eigenvalue weighted by Crippen LogP contribution is 2.25. The molecule has 28 heavy (non-hydrogen) atoms. The van der Waals surface area contributed by atoms with Crippen LogP contribution in [-0.4, -0.2) is 39.7 Å². The number of hydrogen-bond acceptors (Lipinski definition) is 8. The molecule has 0 atom stereocenters. The lowest BCUT2D eigenvalue weighted by Crippen LogP contribution is -2.17. The van der Waals surface area contributed by atoms with Gasteiger partial charge in [0, 0.05) is 5.56 Å². The second-order valence-electron chi connectivity index (χ2n) is 6.40. The quantitative estimate of drug-likeness (QED) is 0.565. The van der Waals surface area contributed by atoms with Crippen molar-refractivity contribution >= 4 is 47.5 Å². The van der Waals surface area contributed by atoms with Crippen LogP contribution in [0.4, 0.5) is 10.1 Å². The van der Waals surface area contributed by atoms with E-state index in [0.717, 1.165) is 17.6 Å². The standard InChI is InChI=1S/C16H21N3O6S3/c1-11(2)7-8-28(23,24)19-14-10-17-16(26-14)18-15(20)12-5-4-6-13(9-12)25-27(3,21)22/h4-6,9-11,19H,7-8H2,1-3H3,(H,17,18,20). The van der Waals surface area contributed by atoms with Crippen LogP contribution in [0, 0.1) is 5.92 Å². The van der Waals surface area contributed by atoms with Crippen molar-refractivity contribution in [2.24, 2.45) is 5.92 Å². The number of anilines is 2. The number of sulfonamides is 1. The van der Waals surface area contributed by atoms with Crippen molar-refractivity contribution < 1.29 is 25.8 Å². The van der Waals surface area contributed by atoms with Crippen molar-refractivity contribution in [2.75, 3.05) is 22.0 Å². The van der Waals surface area contributed by atoms with E-state index in [2.05, 4.69) is 15.0 Å². The third-order valence-electron chi connectivity index (χ3n) is 3.29. The minimum absolute atomic E-state index is 0.00259. The SMILES string of the molecule is CC(C)CCS(=O)(=O)Nc1cnc(NC(=O)c2cccc(OS(C)(=O)=O)c2)s1. The number of amides is 1. The van der Waals surface area contributed by atoms with Crippen molar-refractivity contribution in [3.05, 3.63) is 36.0 Å². The fraction of sp³-hybridized carbons (Fsp3) is 0.375. The Labute approximate surface area is 168 Å². The molecule has 2 rings (SSSR count). The third-order valence-corrected chi connectivity index (χ3v) is 6.05. The molecule has 0 unspecified atom stereocenters. The van der Waals surface area contributed by atoms with Gasteiger partial charge in [-0.15, -0.1) is 0 Å². The maximum Gasteiger partial charge on any atom is 0.306 e. The van der Waals surface area contributed by atoms with Crippen molar-refractivity contribution in [1.29, 1.82) is 0 Å². The predicted octanol–water partition coefficient (Wildman–Crippen LogP) is 2.52. The van der Waals surface area contributed by atoms with Crippen LogP contribution in [0.3, 0.4) is 0 Å². The predicted molar refractivity (Wildman–Crippen MR) is 109 cm³/mol. The van der Waals surface area contributed by atoms with E-state index in [0.29, 0.717) is 6.42 Å². The van der Waals surface area contributed by atoms with Gasteiger partial charge in [0.1, 0.15) is 10.8 Å². The summed E-state index contributed by atoms with van der Waals surface area (Å²) >= 11 is 0.971. The molecule has 2 N–H and O–H groups in total. The Bertz CT molecular complexity index is 1050. The molecule has 1 amide bonds. The number of benzene rings is 1. The fourth-order valence-electron chi connectivity index (χ4n) is 2.01. The molecule has 0 aliphatic rings. The number of aromatic nitrogens is 1. The van der Waals surface area contributed by atoms with E-state index >= 15 is 0 Å². The van der Waals surface area contributed by atoms with Crippen LogP contribution in [0.25, 0.3) is 0 Å². The number of carbonyl (C=O) groups excluding carboxylic acids is 1. The summed E-state index contributed by atoms with van der Waals surface area (Å²) in [5.41, 5.74) is 0.162. The first-order chi connectivity index (χ1) is 12.9. The summed E-state index contributed by atoms with van der Waals surface area (Å²) in [5, 5.41) is 3.01. The summed E-state index contributed by atoms with van der Waals surface area (Å²) < 4.78 is 53.6. The van der Waals surface area contributed by atoms with Gasteiger partial charge in [-0.3, -0.25) is 14.8 Å². The summed E-state index contributed by atoms with van der Waals surface area (Å²) in [5.74, 6) is -0.275. The van der Waals surface area contributed by atoms with E-state index in [-0.39, 0.29) is 33.1 Å². The van der Waals surface area contributed by atoms with Crippen LogP contribution >= 0.6 is 11.3 Å². The van der Waals surface area contributed by atoms with E-state index in [1.165, 1.54) is 30.5 Å². The lowest BCUT2D eigenvalue weighted by Gasteiger charge is -2.07. The third kappa shape index (κ3) is 7.44. The molecule has 0 saturated carbocycles. The first-order valence-electron chi connectivity index (χ1n) is 8.21. The van der Waals surface area contributed by atoms with Crippen molar-refractivity contribution in [3.63, 3.8) is 0 Å². The van der Waals surface area contributed by atoms with Crippen LogP contribution in [0.2, 0.25) is 0 Å². The maximum absolute atomic E-state index is 12.3. The van der Waals surface area contributed by atoms with E-state index in [1.54, 1.807) is 0 Å². The van der Waals surface area contributed by atoms with Crippen LogP contribution < -0.4 is 14.2 Å². The minimum Gasteiger partial charge on any atom is -0.383 e. The molecule has 0 saturated heterocycles. The largest absolute Gasteiger partial charge is 0.383 e. The molecule has 9 nitrogen and oxygen atoms in total. The normalized spacial score (nSPS) is 12.0. The van der Waals surface area contributed by atoms with E-state index < -0.39 is 26.0 Å². The topological polar surface area (TPSA) is 132 Å². The summed E-state index contributed by atoms with van der Waals surface area (Å²) in [6, 6.07) is 5.64. The van der Waals surface area contributed by atoms with Crippen LogP contribution in [0.15, 0.2) is 30.5 Å². The first-order valence-corrected chi connectivity index (χ1v) is 12.5. The second-order valence-corrected chi connectivity index (χ2v) is 10.8. The van der Waals surface area contributed by atoms with Crippen LogP contribution in [0.1, 0.15) is 30.6 Å². The highest BCUT2D eigenvalue weighted by atomic mass is 32.2. The van der Waals surface area contributed by atoms with E-state index in [4.69, 9.17) is 4.18 Å². The van der Waals surface area contributed by atoms with Gasteiger partial charge in [-0.2, -0.15) is 8.42 Å². The Morgan fingerprint density at radius 2 is 1.96 bits per heavy atom. The lowest BCUT2D eigenvalue weighted by atomic mass is 10.2. The van der Waals surface area contributed by atoms with Crippen molar-refractivity contribution in [2.45, 2.75) is 20.3 Å². The highest BCUT2D eigenvalue weighted by Gasteiger charge is 2.15. The van der Waals surface area contributed by atoms with Gasteiger partial charge in [-0.25, -0.2) is 13.4 Å². The van der Waals surface area contributed by atoms with Crippen LogP contribution in [0.5, 0.6) is 5.75 Å². The Morgan fingerprint density at radius 1 is 1.25 bits per heavy atom. The first kappa shape index (κ1) is 22.1. The van der Waals surface area contributed by atoms with Gasteiger partial charge in [0.15, 0.2) is 5.13 Å². The summed E-state index contributed by atoms with van der Waals surface area (Å²) in [4.78, 5) is 16.3. The average Bonchev–Trinajstić information content (AvgIpc) is 2.98. The number of nitrogens with one attached hydrogen (secondary N) is 2. The molecule has 0 fully saturated rings. The molecule has 2 aromatic rings. The molecule has 0 bridgehead atoms. The Balaban J connectivity index is 2.03. The lowest BCUT2D eigenvalue weighted by molar-refractivity contribution is 0.102. The molecule has 0 radical (unpaired) electrons. The molecule has 1 aromatic heterocycles. The Morgan fingerprint density at radius 3 is 2.61 bits per heavy atom. The average molecular weight is 448 g/mol. The van der Waals surface area contributed by atoms with Gasteiger partial charge in [0.2, 0.25) is 10.0 Å². The number of hydrogen-bond donors (Lipinski definition) is 2.